The Morgan fingerprint density at radius 3 is 2.67 bits per heavy atom. The van der Waals surface area contributed by atoms with Crippen molar-refractivity contribution in [3.63, 3.8) is 0 Å². The number of aryl methyl sites for hydroxylation is 1. The molecule has 1 N–H and O–H groups in total. The second-order valence-corrected chi connectivity index (χ2v) is 5.69. The number of rotatable bonds is 6. The average Bonchev–Trinajstić information content (AvgIpc) is 3.07. The zero-order chi connectivity index (χ0) is 16.9. The highest BCUT2D eigenvalue weighted by molar-refractivity contribution is 5.78. The van der Waals surface area contributed by atoms with E-state index >= 15 is 0 Å². The molecule has 5 nitrogen and oxygen atoms in total. The zero-order valence-corrected chi connectivity index (χ0v) is 13.9. The molecule has 1 heterocycles. The van der Waals surface area contributed by atoms with Gasteiger partial charge >= 0.3 is 0 Å². The van der Waals surface area contributed by atoms with E-state index < -0.39 is 0 Å². The van der Waals surface area contributed by atoms with Gasteiger partial charge in [0.15, 0.2) is 18.1 Å². The van der Waals surface area contributed by atoms with E-state index in [-0.39, 0.29) is 25.3 Å². The van der Waals surface area contributed by atoms with Crippen LogP contribution < -0.4 is 19.5 Å². The Bertz CT molecular complexity index is 712. The van der Waals surface area contributed by atoms with Crippen molar-refractivity contribution in [1.29, 1.82) is 0 Å². The molecule has 0 unspecified atom stereocenters. The summed E-state index contributed by atoms with van der Waals surface area (Å²) in [5.74, 6) is 1.74. The van der Waals surface area contributed by atoms with Crippen molar-refractivity contribution in [3.05, 3.63) is 53.6 Å². The third kappa shape index (κ3) is 3.79. The van der Waals surface area contributed by atoms with E-state index in [2.05, 4.69) is 24.4 Å². The lowest BCUT2D eigenvalue weighted by molar-refractivity contribution is -0.123. The summed E-state index contributed by atoms with van der Waals surface area (Å²) in [6, 6.07) is 13.4. The first-order chi connectivity index (χ1) is 11.7. The fourth-order valence-corrected chi connectivity index (χ4v) is 2.52. The van der Waals surface area contributed by atoms with E-state index in [0.29, 0.717) is 17.2 Å². The van der Waals surface area contributed by atoms with Gasteiger partial charge in [0.1, 0.15) is 5.75 Å². The molecule has 1 aliphatic heterocycles. The Morgan fingerprint density at radius 2 is 1.92 bits per heavy atom. The van der Waals surface area contributed by atoms with Gasteiger partial charge in [-0.3, -0.25) is 4.79 Å². The van der Waals surface area contributed by atoms with Crippen molar-refractivity contribution >= 4 is 5.91 Å². The van der Waals surface area contributed by atoms with Gasteiger partial charge in [-0.15, -0.1) is 0 Å². The molecular formula is C19H21NO4. The van der Waals surface area contributed by atoms with Crippen molar-refractivity contribution in [1.82, 2.24) is 5.32 Å². The van der Waals surface area contributed by atoms with Gasteiger partial charge in [0.2, 0.25) is 6.79 Å². The first-order valence-electron chi connectivity index (χ1n) is 8.06. The summed E-state index contributed by atoms with van der Waals surface area (Å²) in [7, 11) is 0. The third-order valence-corrected chi connectivity index (χ3v) is 3.98. The van der Waals surface area contributed by atoms with Gasteiger partial charge in [-0.05, 0) is 36.6 Å². The molecule has 0 saturated heterocycles. The zero-order valence-electron chi connectivity index (χ0n) is 13.9. The normalized spacial score (nSPS) is 13.4. The number of carbonyl (C=O) groups is 1. The molecule has 0 radical (unpaired) electrons. The lowest BCUT2D eigenvalue weighted by Gasteiger charge is -2.15. The van der Waals surface area contributed by atoms with Gasteiger partial charge in [0.25, 0.3) is 5.91 Å². The van der Waals surface area contributed by atoms with Crippen LogP contribution in [0, 0.1) is 0 Å². The van der Waals surface area contributed by atoms with E-state index in [1.165, 1.54) is 5.56 Å². The van der Waals surface area contributed by atoms with Crippen LogP contribution in [0.2, 0.25) is 0 Å². The van der Waals surface area contributed by atoms with Gasteiger partial charge in [0.05, 0.1) is 6.04 Å². The number of amides is 1. The van der Waals surface area contributed by atoms with Gasteiger partial charge in [0, 0.05) is 6.07 Å². The van der Waals surface area contributed by atoms with Gasteiger partial charge in [-0.25, -0.2) is 0 Å². The summed E-state index contributed by atoms with van der Waals surface area (Å²) < 4.78 is 16.0. The number of nitrogens with one attached hydrogen (secondary N) is 1. The van der Waals surface area contributed by atoms with Crippen LogP contribution in [-0.2, 0) is 11.2 Å². The van der Waals surface area contributed by atoms with Crippen LogP contribution in [0.15, 0.2) is 42.5 Å². The highest BCUT2D eigenvalue weighted by Gasteiger charge is 2.15. The molecule has 0 bridgehead atoms. The summed E-state index contributed by atoms with van der Waals surface area (Å²) >= 11 is 0. The molecule has 5 heteroatoms. The monoisotopic (exact) mass is 327 g/mol. The third-order valence-electron chi connectivity index (χ3n) is 3.98. The molecule has 2 aromatic carbocycles. The maximum absolute atomic E-state index is 12.1. The van der Waals surface area contributed by atoms with Crippen LogP contribution in [0.4, 0.5) is 0 Å². The van der Waals surface area contributed by atoms with Gasteiger partial charge in [-0.1, -0.05) is 31.2 Å². The van der Waals surface area contributed by atoms with Crippen LogP contribution in [0.25, 0.3) is 0 Å². The molecule has 126 valence electrons. The molecule has 0 spiro atoms. The quantitative estimate of drug-likeness (QED) is 0.885. The van der Waals surface area contributed by atoms with Crippen LogP contribution in [-0.4, -0.2) is 19.3 Å². The first kappa shape index (κ1) is 16.2. The summed E-state index contributed by atoms with van der Waals surface area (Å²) in [6.07, 6.45) is 1.00. The van der Waals surface area contributed by atoms with Crippen LogP contribution >= 0.6 is 0 Å². The SMILES string of the molecule is CCc1ccc([C@@H](C)NC(=O)COc2ccc3c(c2)OCO3)cc1. The summed E-state index contributed by atoms with van der Waals surface area (Å²) in [4.78, 5) is 12.1. The second kappa shape index (κ2) is 7.25. The van der Waals surface area contributed by atoms with Crippen LogP contribution in [0.5, 0.6) is 17.2 Å². The Kier molecular flexibility index (Phi) is 4.89. The van der Waals surface area contributed by atoms with E-state index in [4.69, 9.17) is 14.2 Å². The molecule has 24 heavy (non-hydrogen) atoms. The lowest BCUT2D eigenvalue weighted by Crippen LogP contribution is -2.31. The predicted molar refractivity (Wildman–Crippen MR) is 90.4 cm³/mol. The second-order valence-electron chi connectivity index (χ2n) is 5.69. The summed E-state index contributed by atoms with van der Waals surface area (Å²) in [5.41, 5.74) is 2.35. The first-order valence-corrected chi connectivity index (χ1v) is 8.06. The fraction of sp³-hybridized carbons (Fsp3) is 0.316. The number of fused-ring (bicyclic) bond motifs is 1. The number of ether oxygens (including phenoxy) is 3. The molecule has 2 aromatic rings. The molecular weight excluding hydrogens is 306 g/mol. The summed E-state index contributed by atoms with van der Waals surface area (Å²) in [5, 5.41) is 2.94. The molecule has 0 aromatic heterocycles. The largest absolute Gasteiger partial charge is 0.484 e. The maximum atomic E-state index is 12.1. The Morgan fingerprint density at radius 1 is 1.17 bits per heavy atom. The van der Waals surface area contributed by atoms with Crippen molar-refractivity contribution in [2.45, 2.75) is 26.3 Å². The summed E-state index contributed by atoms with van der Waals surface area (Å²) in [6.45, 7) is 4.25. The smallest absolute Gasteiger partial charge is 0.258 e. The molecule has 0 aliphatic carbocycles. The number of hydrogen-bond donors (Lipinski definition) is 1. The highest BCUT2D eigenvalue weighted by Crippen LogP contribution is 2.35. The van der Waals surface area contributed by atoms with E-state index in [0.717, 1.165) is 12.0 Å². The van der Waals surface area contributed by atoms with Crippen molar-refractivity contribution in [2.75, 3.05) is 13.4 Å². The Balaban J connectivity index is 1.51. The lowest BCUT2D eigenvalue weighted by atomic mass is 10.1. The average molecular weight is 327 g/mol. The van der Waals surface area contributed by atoms with E-state index in [1.54, 1.807) is 18.2 Å². The topological polar surface area (TPSA) is 56.8 Å². The molecule has 1 atom stereocenters. The molecule has 0 fully saturated rings. The Labute approximate surface area is 141 Å². The van der Waals surface area contributed by atoms with Crippen LogP contribution in [0.1, 0.15) is 31.0 Å². The van der Waals surface area contributed by atoms with Gasteiger partial charge in [-0.2, -0.15) is 0 Å². The molecule has 1 aliphatic rings. The minimum absolute atomic E-state index is 0.0446. The fourth-order valence-electron chi connectivity index (χ4n) is 2.52. The molecule has 0 saturated carbocycles. The van der Waals surface area contributed by atoms with Crippen molar-refractivity contribution in [2.24, 2.45) is 0 Å². The predicted octanol–water partition coefficient (Wildman–Crippen LogP) is 3.23. The van der Waals surface area contributed by atoms with Crippen molar-refractivity contribution in [3.8, 4) is 17.2 Å². The van der Waals surface area contributed by atoms with E-state index in [9.17, 15) is 4.79 Å². The molecule has 3 rings (SSSR count). The standard InChI is InChI=1S/C19H21NO4/c1-3-14-4-6-15(7-5-14)13(2)20-19(21)11-22-16-8-9-17-18(10-16)24-12-23-17/h4-10,13H,3,11-12H2,1-2H3,(H,20,21)/t13-/m1/s1. The number of carbonyl (C=O) groups excluding carboxylic acids is 1. The highest BCUT2D eigenvalue weighted by atomic mass is 16.7. The van der Waals surface area contributed by atoms with E-state index in [1.807, 2.05) is 19.1 Å². The molecule has 1 amide bonds. The Hall–Kier alpha value is -2.69. The number of hydrogen-bond acceptors (Lipinski definition) is 4. The van der Waals surface area contributed by atoms with Gasteiger partial charge < -0.3 is 19.5 Å². The number of benzene rings is 2. The van der Waals surface area contributed by atoms with Crippen LogP contribution in [0.3, 0.4) is 0 Å². The van der Waals surface area contributed by atoms with Crippen molar-refractivity contribution < 1.29 is 19.0 Å². The minimum atomic E-state index is -0.167. The minimum Gasteiger partial charge on any atom is -0.484 e. The maximum Gasteiger partial charge on any atom is 0.258 e.